The average molecular weight is 835 g/mol. The van der Waals surface area contributed by atoms with Crippen LogP contribution in [-0.4, -0.2) is 100 Å². The number of methoxy groups -OCH3 is 2. The number of anilines is 2. The number of fused-ring (bicyclic) bond motifs is 2. The fourth-order valence-corrected chi connectivity index (χ4v) is 7.16. The lowest BCUT2D eigenvalue weighted by Gasteiger charge is -2.27. The Balaban J connectivity index is 0.873. The molecule has 15 nitrogen and oxygen atoms in total. The number of hydrogen-bond donors (Lipinski definition) is 2. The van der Waals surface area contributed by atoms with Gasteiger partial charge in [0.15, 0.2) is 11.5 Å². The zero-order valence-electron chi connectivity index (χ0n) is 31.9. The van der Waals surface area contributed by atoms with Gasteiger partial charge in [-0.05, 0) is 43.0 Å². The Hall–Kier alpha value is -5.50. The maximum Gasteiger partial charge on any atom is 0.262 e. The number of amides is 4. The molecular weight excluding hydrogens is 793 g/mol. The number of halogens is 2. The molecule has 4 aromatic rings. The van der Waals surface area contributed by atoms with Crippen molar-refractivity contribution in [1.29, 1.82) is 5.26 Å². The van der Waals surface area contributed by atoms with Crippen LogP contribution in [0.15, 0.2) is 48.7 Å². The van der Waals surface area contributed by atoms with Crippen LogP contribution in [0.2, 0.25) is 10.0 Å². The third kappa shape index (κ3) is 9.61. The van der Waals surface area contributed by atoms with E-state index in [-0.39, 0.29) is 18.4 Å². The average Bonchev–Trinajstić information content (AvgIpc) is 3.47. The molecule has 0 aliphatic carbocycles. The van der Waals surface area contributed by atoms with Gasteiger partial charge in [-0.1, -0.05) is 35.3 Å². The van der Waals surface area contributed by atoms with Crippen LogP contribution in [0.5, 0.6) is 17.2 Å². The van der Waals surface area contributed by atoms with Gasteiger partial charge in [0.1, 0.15) is 17.9 Å². The number of aryl methyl sites for hydroxylation is 1. The summed E-state index contributed by atoms with van der Waals surface area (Å²) < 4.78 is 33.9. The van der Waals surface area contributed by atoms with Crippen molar-refractivity contribution in [1.82, 2.24) is 15.2 Å². The van der Waals surface area contributed by atoms with E-state index in [9.17, 15) is 24.4 Å². The normalized spacial score (nSPS) is 15.0. The summed E-state index contributed by atoms with van der Waals surface area (Å²) in [6.07, 6.45) is 3.37. The van der Waals surface area contributed by atoms with Crippen LogP contribution in [0.25, 0.3) is 10.9 Å². The van der Waals surface area contributed by atoms with Gasteiger partial charge < -0.3 is 33.7 Å². The van der Waals surface area contributed by atoms with Crippen molar-refractivity contribution in [3.8, 4) is 23.3 Å². The minimum atomic E-state index is -1.000. The molecule has 2 aliphatic heterocycles. The minimum Gasteiger partial charge on any atom is -0.495 e. The largest absolute Gasteiger partial charge is 0.495 e. The number of carbonyl (C=O) groups is 4. The van der Waals surface area contributed by atoms with Crippen LogP contribution in [0.4, 0.5) is 11.4 Å². The number of ether oxygens (including phenoxy) is 6. The van der Waals surface area contributed by atoms with Crippen LogP contribution in [0.3, 0.4) is 0 Å². The highest BCUT2D eigenvalue weighted by Gasteiger charge is 2.45. The number of piperidine rings is 1. The predicted octanol–water partition coefficient (Wildman–Crippen LogP) is 6.03. The van der Waals surface area contributed by atoms with E-state index in [0.29, 0.717) is 132 Å². The van der Waals surface area contributed by atoms with Crippen LogP contribution < -0.4 is 24.8 Å². The van der Waals surface area contributed by atoms with E-state index in [0.717, 1.165) is 4.90 Å². The molecule has 17 heteroatoms. The molecule has 6 rings (SSSR count). The van der Waals surface area contributed by atoms with Crippen LogP contribution in [0, 0.1) is 11.3 Å². The molecule has 4 amide bonds. The Morgan fingerprint density at radius 2 is 1.59 bits per heavy atom. The van der Waals surface area contributed by atoms with Gasteiger partial charge in [-0.3, -0.25) is 34.4 Å². The number of nitrogens with one attached hydrogen (secondary N) is 2. The summed E-state index contributed by atoms with van der Waals surface area (Å²) in [4.78, 5) is 55.7. The molecule has 3 heterocycles. The summed E-state index contributed by atoms with van der Waals surface area (Å²) in [5.74, 6) is -0.720. The highest BCUT2D eigenvalue weighted by molar-refractivity contribution is 6.37. The van der Waals surface area contributed by atoms with Gasteiger partial charge in [0, 0.05) is 49.8 Å². The number of benzene rings is 3. The standard InChI is InChI=1S/C41H41Cl2N5O10/c1-53-33-21-31(28(42)19-29(33)43)46-38-25(22-44)23-45-30-20-35(34(54-2)18-27(30)38)58-13-5-12-56-15-17-57-16-14-55-11-4-7-24-6-3-8-26-37(24)41(52)48(40(26)51)32-9-10-36(49)47-39(32)50/h3,6,8,18-21,23,32H,4-5,7,9-17H2,1-2H3,(H,45,46)(H,47,49,50). The Kier molecular flexibility index (Phi) is 14.4. The molecule has 0 radical (unpaired) electrons. The Bertz CT molecular complexity index is 2250. The number of rotatable bonds is 20. The van der Waals surface area contributed by atoms with Crippen molar-refractivity contribution < 1.29 is 47.6 Å². The van der Waals surface area contributed by atoms with Crippen LogP contribution in [0.1, 0.15) is 57.5 Å². The summed E-state index contributed by atoms with van der Waals surface area (Å²) in [5, 5.41) is 16.6. The van der Waals surface area contributed by atoms with Crippen LogP contribution in [-0.2, 0) is 30.2 Å². The van der Waals surface area contributed by atoms with Crippen molar-refractivity contribution in [2.45, 2.75) is 38.1 Å². The summed E-state index contributed by atoms with van der Waals surface area (Å²) in [7, 11) is 3.03. The smallest absolute Gasteiger partial charge is 0.262 e. The van der Waals surface area contributed by atoms with Gasteiger partial charge >= 0.3 is 0 Å². The summed E-state index contributed by atoms with van der Waals surface area (Å²) in [6.45, 7) is 2.76. The van der Waals surface area contributed by atoms with E-state index in [2.05, 4.69) is 21.7 Å². The third-order valence-electron chi connectivity index (χ3n) is 9.50. The van der Waals surface area contributed by atoms with Gasteiger partial charge in [0.25, 0.3) is 11.8 Å². The van der Waals surface area contributed by atoms with Gasteiger partial charge in [0.05, 0.1) is 90.9 Å². The SMILES string of the molecule is COc1cc(Nc2c(C#N)cnc3cc(OCCCOCCOCCOCCCc4cccc5c4C(=O)N(C4CCC(=O)NC4=O)C5=O)c(OC)cc23)c(Cl)cc1Cl. The van der Waals surface area contributed by atoms with Gasteiger partial charge in [-0.15, -0.1) is 0 Å². The van der Waals surface area contributed by atoms with Crippen molar-refractivity contribution in [3.05, 3.63) is 81.0 Å². The highest BCUT2D eigenvalue weighted by Crippen LogP contribution is 2.40. The number of hydrogen-bond acceptors (Lipinski definition) is 13. The molecule has 0 spiro atoms. The first-order valence-corrected chi connectivity index (χ1v) is 19.3. The summed E-state index contributed by atoms with van der Waals surface area (Å²) in [6, 6.07) is 13.0. The van der Waals surface area contributed by atoms with Gasteiger partial charge in [0.2, 0.25) is 11.8 Å². The van der Waals surface area contributed by atoms with E-state index < -0.39 is 29.7 Å². The highest BCUT2D eigenvalue weighted by atomic mass is 35.5. The molecule has 1 fully saturated rings. The fraction of sp³-hybridized carbons (Fsp3) is 0.366. The fourth-order valence-electron chi connectivity index (χ4n) is 6.65. The monoisotopic (exact) mass is 833 g/mol. The molecule has 1 atom stereocenters. The maximum absolute atomic E-state index is 13.3. The number of imide groups is 2. The second-order valence-electron chi connectivity index (χ2n) is 13.2. The predicted molar refractivity (Wildman–Crippen MR) is 213 cm³/mol. The Morgan fingerprint density at radius 1 is 0.862 bits per heavy atom. The van der Waals surface area contributed by atoms with E-state index in [1.165, 1.54) is 20.4 Å². The van der Waals surface area contributed by atoms with Crippen LogP contribution >= 0.6 is 23.2 Å². The first-order valence-electron chi connectivity index (χ1n) is 18.6. The first-order chi connectivity index (χ1) is 28.1. The minimum absolute atomic E-state index is 0.0685. The number of pyridine rings is 1. The number of nitrogens with zero attached hydrogens (tertiary/aromatic N) is 3. The molecule has 1 aromatic heterocycles. The molecule has 58 heavy (non-hydrogen) atoms. The second-order valence-corrected chi connectivity index (χ2v) is 14.0. The number of nitriles is 1. The Morgan fingerprint density at radius 3 is 2.29 bits per heavy atom. The molecule has 1 unspecified atom stereocenters. The summed E-state index contributed by atoms with van der Waals surface area (Å²) >= 11 is 12.7. The zero-order chi connectivity index (χ0) is 41.2. The topological polar surface area (TPSA) is 188 Å². The first kappa shape index (κ1) is 42.1. The van der Waals surface area contributed by atoms with Crippen molar-refractivity contribution in [2.75, 3.05) is 65.8 Å². The zero-order valence-corrected chi connectivity index (χ0v) is 33.4. The lowest BCUT2D eigenvalue weighted by Crippen LogP contribution is -2.54. The Labute approximate surface area is 344 Å². The number of carbonyl (C=O) groups excluding carboxylic acids is 4. The molecule has 1 saturated heterocycles. The van der Waals surface area contributed by atoms with E-state index in [1.54, 1.807) is 42.5 Å². The van der Waals surface area contributed by atoms with E-state index >= 15 is 0 Å². The second kappa shape index (κ2) is 19.8. The molecule has 2 aliphatic rings. The maximum atomic E-state index is 13.3. The molecule has 304 valence electrons. The number of aromatic nitrogens is 1. The lowest BCUT2D eigenvalue weighted by molar-refractivity contribution is -0.136. The van der Waals surface area contributed by atoms with Crippen molar-refractivity contribution in [2.24, 2.45) is 0 Å². The van der Waals surface area contributed by atoms with Gasteiger partial charge in [-0.2, -0.15) is 5.26 Å². The molecule has 2 N–H and O–H groups in total. The quantitative estimate of drug-likeness (QED) is 0.0778. The molecule has 0 bridgehead atoms. The van der Waals surface area contributed by atoms with E-state index in [1.807, 2.05) is 0 Å². The molecular formula is C41H41Cl2N5O10. The molecule has 3 aromatic carbocycles. The third-order valence-corrected chi connectivity index (χ3v) is 10.1. The summed E-state index contributed by atoms with van der Waals surface area (Å²) in [5.41, 5.74) is 3.13. The van der Waals surface area contributed by atoms with E-state index in [4.69, 9.17) is 51.6 Å². The lowest BCUT2D eigenvalue weighted by atomic mass is 9.99. The molecule has 0 saturated carbocycles. The van der Waals surface area contributed by atoms with Crippen molar-refractivity contribution >= 4 is 69.1 Å². The van der Waals surface area contributed by atoms with Crippen molar-refractivity contribution in [3.63, 3.8) is 0 Å². The van der Waals surface area contributed by atoms with Gasteiger partial charge in [-0.25, -0.2) is 0 Å².